The van der Waals surface area contributed by atoms with Crippen LogP contribution in [0.2, 0.25) is 5.02 Å². The molecule has 0 saturated heterocycles. The number of nitrogen functional groups attached to an aromatic ring is 1. The number of hydrogen-bond donors (Lipinski definition) is 1. The van der Waals surface area contributed by atoms with Gasteiger partial charge in [-0.15, -0.1) is 0 Å². The summed E-state index contributed by atoms with van der Waals surface area (Å²) < 4.78 is 5.51. The summed E-state index contributed by atoms with van der Waals surface area (Å²) >= 11 is 5.96. The van der Waals surface area contributed by atoms with Gasteiger partial charge >= 0.3 is 0 Å². The van der Waals surface area contributed by atoms with E-state index in [1.54, 1.807) is 37.4 Å². The van der Waals surface area contributed by atoms with E-state index in [1.165, 1.54) is 0 Å². The standard InChI is InChI=1S/C11H10ClN3O/c1-7-14-5-4-11(15-7)16-10-6-8(13)2-3-9(10)12/h2-6H,13H2,1H3. The molecule has 0 aliphatic heterocycles. The lowest BCUT2D eigenvalue weighted by Gasteiger charge is -2.07. The summed E-state index contributed by atoms with van der Waals surface area (Å²) in [7, 11) is 0. The average molecular weight is 236 g/mol. The third-order valence-corrected chi connectivity index (χ3v) is 2.23. The van der Waals surface area contributed by atoms with Crippen molar-refractivity contribution in [2.75, 3.05) is 5.73 Å². The van der Waals surface area contributed by atoms with Crippen molar-refractivity contribution >= 4 is 17.3 Å². The molecule has 0 aliphatic carbocycles. The zero-order valence-electron chi connectivity index (χ0n) is 8.64. The van der Waals surface area contributed by atoms with Crippen molar-refractivity contribution in [1.29, 1.82) is 0 Å². The number of ether oxygens (including phenoxy) is 1. The van der Waals surface area contributed by atoms with Crippen LogP contribution in [0.5, 0.6) is 11.6 Å². The lowest BCUT2D eigenvalue weighted by atomic mass is 10.3. The minimum Gasteiger partial charge on any atom is -0.437 e. The Morgan fingerprint density at radius 1 is 1.31 bits per heavy atom. The molecule has 1 aromatic carbocycles. The number of nitrogens with zero attached hydrogens (tertiary/aromatic N) is 2. The highest BCUT2D eigenvalue weighted by Crippen LogP contribution is 2.29. The van der Waals surface area contributed by atoms with E-state index in [1.807, 2.05) is 0 Å². The van der Waals surface area contributed by atoms with Gasteiger partial charge in [-0.3, -0.25) is 0 Å². The molecule has 2 rings (SSSR count). The summed E-state index contributed by atoms with van der Waals surface area (Å²) in [5, 5.41) is 0.491. The van der Waals surface area contributed by atoms with E-state index in [-0.39, 0.29) is 0 Å². The molecule has 82 valence electrons. The molecular weight excluding hydrogens is 226 g/mol. The Bertz CT molecular complexity index is 516. The van der Waals surface area contributed by atoms with E-state index in [9.17, 15) is 0 Å². The van der Waals surface area contributed by atoms with Gasteiger partial charge in [0.25, 0.3) is 0 Å². The van der Waals surface area contributed by atoms with Crippen LogP contribution in [0.25, 0.3) is 0 Å². The van der Waals surface area contributed by atoms with E-state index >= 15 is 0 Å². The molecule has 4 nitrogen and oxygen atoms in total. The SMILES string of the molecule is Cc1nccc(Oc2cc(N)ccc2Cl)n1. The van der Waals surface area contributed by atoms with Gasteiger partial charge in [-0.1, -0.05) is 11.6 Å². The fraction of sp³-hybridized carbons (Fsp3) is 0.0909. The van der Waals surface area contributed by atoms with Crippen molar-refractivity contribution in [3.05, 3.63) is 41.3 Å². The highest BCUT2D eigenvalue weighted by molar-refractivity contribution is 6.32. The Labute approximate surface area is 98.0 Å². The molecule has 0 fully saturated rings. The summed E-state index contributed by atoms with van der Waals surface area (Å²) in [4.78, 5) is 8.08. The van der Waals surface area contributed by atoms with Crippen molar-refractivity contribution in [1.82, 2.24) is 9.97 Å². The van der Waals surface area contributed by atoms with E-state index in [4.69, 9.17) is 22.1 Å². The third kappa shape index (κ3) is 2.41. The van der Waals surface area contributed by atoms with Crippen LogP contribution < -0.4 is 10.5 Å². The molecule has 2 N–H and O–H groups in total. The Kier molecular flexibility index (Phi) is 2.92. The summed E-state index contributed by atoms with van der Waals surface area (Å²) in [6, 6.07) is 6.70. The van der Waals surface area contributed by atoms with Gasteiger partial charge in [0, 0.05) is 24.0 Å². The summed E-state index contributed by atoms with van der Waals surface area (Å²) in [5.74, 6) is 1.57. The maximum atomic E-state index is 5.96. The van der Waals surface area contributed by atoms with Gasteiger partial charge in [-0.2, -0.15) is 4.98 Å². The molecule has 0 saturated carbocycles. The Balaban J connectivity index is 2.30. The zero-order valence-corrected chi connectivity index (χ0v) is 9.40. The quantitative estimate of drug-likeness (QED) is 0.813. The molecule has 1 aromatic heterocycles. The number of aromatic nitrogens is 2. The van der Waals surface area contributed by atoms with Gasteiger partial charge in [0.05, 0.1) is 5.02 Å². The van der Waals surface area contributed by atoms with Crippen LogP contribution >= 0.6 is 11.6 Å². The smallest absolute Gasteiger partial charge is 0.222 e. The molecule has 1 heterocycles. The Morgan fingerprint density at radius 3 is 2.88 bits per heavy atom. The van der Waals surface area contributed by atoms with Crippen LogP contribution in [0.4, 0.5) is 5.69 Å². The molecule has 2 aromatic rings. The fourth-order valence-electron chi connectivity index (χ4n) is 1.20. The monoisotopic (exact) mass is 235 g/mol. The number of hydrogen-bond acceptors (Lipinski definition) is 4. The highest BCUT2D eigenvalue weighted by atomic mass is 35.5. The number of benzene rings is 1. The lowest BCUT2D eigenvalue weighted by Crippen LogP contribution is -1.93. The molecule has 0 spiro atoms. The Morgan fingerprint density at radius 2 is 2.12 bits per heavy atom. The topological polar surface area (TPSA) is 61.0 Å². The highest BCUT2D eigenvalue weighted by Gasteiger charge is 2.04. The van der Waals surface area contributed by atoms with E-state index in [0.717, 1.165) is 0 Å². The fourth-order valence-corrected chi connectivity index (χ4v) is 1.36. The number of aryl methyl sites for hydroxylation is 1. The van der Waals surface area contributed by atoms with Crippen LogP contribution in [-0.2, 0) is 0 Å². The first kappa shape index (κ1) is 10.7. The normalized spacial score (nSPS) is 10.1. The zero-order chi connectivity index (χ0) is 11.5. The maximum Gasteiger partial charge on any atom is 0.222 e. The summed E-state index contributed by atoms with van der Waals surface area (Å²) in [5.41, 5.74) is 6.23. The molecule has 0 radical (unpaired) electrons. The third-order valence-electron chi connectivity index (χ3n) is 1.92. The number of rotatable bonds is 2. The second-order valence-electron chi connectivity index (χ2n) is 3.23. The van der Waals surface area contributed by atoms with Crippen LogP contribution in [0.15, 0.2) is 30.5 Å². The Hall–Kier alpha value is -1.81. The van der Waals surface area contributed by atoms with Crippen LogP contribution in [0.1, 0.15) is 5.82 Å². The van der Waals surface area contributed by atoms with Gasteiger partial charge < -0.3 is 10.5 Å². The van der Waals surface area contributed by atoms with Gasteiger partial charge in [0.15, 0.2) is 0 Å². The van der Waals surface area contributed by atoms with Crippen molar-refractivity contribution in [2.24, 2.45) is 0 Å². The minimum atomic E-state index is 0.444. The average Bonchev–Trinajstić information content (AvgIpc) is 2.24. The van der Waals surface area contributed by atoms with Gasteiger partial charge in [0.2, 0.25) is 5.88 Å². The second kappa shape index (κ2) is 4.37. The molecular formula is C11H10ClN3O. The van der Waals surface area contributed by atoms with Crippen molar-refractivity contribution < 1.29 is 4.74 Å². The first-order chi connectivity index (χ1) is 7.65. The van der Waals surface area contributed by atoms with Gasteiger partial charge in [-0.05, 0) is 19.1 Å². The summed E-state index contributed by atoms with van der Waals surface area (Å²) in [6.07, 6.45) is 1.62. The van der Waals surface area contributed by atoms with Crippen molar-refractivity contribution in [2.45, 2.75) is 6.92 Å². The van der Waals surface area contributed by atoms with Gasteiger partial charge in [0.1, 0.15) is 11.6 Å². The molecule has 0 unspecified atom stereocenters. The lowest BCUT2D eigenvalue weighted by molar-refractivity contribution is 0.460. The predicted molar refractivity (Wildman–Crippen MR) is 62.7 cm³/mol. The molecule has 0 atom stereocenters. The molecule has 0 amide bonds. The first-order valence-electron chi connectivity index (χ1n) is 4.67. The van der Waals surface area contributed by atoms with E-state index in [0.29, 0.717) is 28.2 Å². The molecule has 0 bridgehead atoms. The second-order valence-corrected chi connectivity index (χ2v) is 3.64. The molecule has 5 heteroatoms. The minimum absolute atomic E-state index is 0.444. The maximum absolute atomic E-state index is 5.96. The number of halogens is 1. The van der Waals surface area contributed by atoms with E-state index < -0.39 is 0 Å². The van der Waals surface area contributed by atoms with Crippen molar-refractivity contribution in [3.8, 4) is 11.6 Å². The predicted octanol–water partition coefficient (Wildman–Crippen LogP) is 2.81. The first-order valence-corrected chi connectivity index (χ1v) is 5.05. The largest absolute Gasteiger partial charge is 0.437 e. The molecule has 16 heavy (non-hydrogen) atoms. The van der Waals surface area contributed by atoms with Crippen LogP contribution in [-0.4, -0.2) is 9.97 Å². The van der Waals surface area contributed by atoms with Gasteiger partial charge in [-0.25, -0.2) is 4.98 Å². The summed E-state index contributed by atoms with van der Waals surface area (Å²) in [6.45, 7) is 1.79. The van der Waals surface area contributed by atoms with Crippen LogP contribution in [0.3, 0.4) is 0 Å². The number of nitrogens with two attached hydrogens (primary N) is 1. The molecule has 0 aliphatic rings. The van der Waals surface area contributed by atoms with Crippen LogP contribution in [0, 0.1) is 6.92 Å². The van der Waals surface area contributed by atoms with E-state index in [2.05, 4.69) is 9.97 Å². The number of anilines is 1. The van der Waals surface area contributed by atoms with Crippen molar-refractivity contribution in [3.63, 3.8) is 0 Å².